The number of carbonyl (C=O) groups excluding carboxylic acids is 4. The second-order valence-electron chi connectivity index (χ2n) is 16.1. The monoisotopic (exact) mass is 978 g/mol. The van der Waals surface area contributed by atoms with E-state index in [1.165, 1.54) is 13.8 Å². The molecule has 0 radical (unpaired) electrons. The van der Waals surface area contributed by atoms with Gasteiger partial charge in [0.05, 0.1) is 45.2 Å². The fourth-order valence-corrected chi connectivity index (χ4v) is 6.88. The average Bonchev–Trinajstić information content (AvgIpc) is 3.38. The minimum atomic E-state index is -1.56. The number of hydrogen-bond acceptors (Lipinski definition) is 12. The van der Waals surface area contributed by atoms with E-state index in [0.717, 1.165) is 17.5 Å². The third kappa shape index (κ3) is 12.5. The van der Waals surface area contributed by atoms with E-state index in [-0.39, 0.29) is 18.0 Å². The molecule has 0 aliphatic heterocycles. The molecule has 2 aromatic heterocycles. The van der Waals surface area contributed by atoms with E-state index in [0.29, 0.717) is 85.5 Å². The maximum absolute atomic E-state index is 13.9. The summed E-state index contributed by atoms with van der Waals surface area (Å²) in [5, 5.41) is 11.9. The van der Waals surface area contributed by atoms with Crippen molar-refractivity contribution in [3.63, 3.8) is 0 Å². The number of aromatic nitrogens is 2. The number of hydrogen-bond donors (Lipinski definition) is 4. The molecule has 0 saturated heterocycles. The van der Waals surface area contributed by atoms with E-state index < -0.39 is 34.8 Å². The first-order valence-electron chi connectivity index (χ1n) is 22.0. The number of benzene rings is 6. The Balaban J connectivity index is 0.000000213. The summed E-state index contributed by atoms with van der Waals surface area (Å²) < 4.78 is 60.6. The largest absolute Gasteiger partial charge is 0.493 e. The summed E-state index contributed by atoms with van der Waals surface area (Å²) in [7, 11) is 6.22. The molecule has 18 heteroatoms. The number of methoxy groups -OCH3 is 4. The Bertz CT molecular complexity index is 3250. The van der Waals surface area contributed by atoms with Gasteiger partial charge in [0.1, 0.15) is 46.5 Å². The van der Waals surface area contributed by atoms with Gasteiger partial charge in [0, 0.05) is 58.4 Å². The fraction of sp³-hybridized carbons (Fsp3) is 0.148. The first kappa shape index (κ1) is 50.6. The predicted molar refractivity (Wildman–Crippen MR) is 268 cm³/mol. The van der Waals surface area contributed by atoms with Crippen molar-refractivity contribution in [3.8, 4) is 46.0 Å². The Morgan fingerprint density at radius 3 is 1.38 bits per heavy atom. The molecule has 8 rings (SSSR count). The SMILES string of the molecule is COc1cc2nccc(Oc3ccc(NC(=O)C(C)(C)C(=O)Nc4ccc(F)cc4F)cc3)c2cc1OC.COc1cc2nccc(Oc3ccc(NC(=O)CC(=O)Nc4ccccc4)cc3)c2cc1OC. The molecule has 0 unspecified atom stereocenters. The van der Waals surface area contributed by atoms with Crippen LogP contribution in [0, 0.1) is 17.0 Å². The van der Waals surface area contributed by atoms with Crippen LogP contribution in [0.3, 0.4) is 0 Å². The predicted octanol–water partition coefficient (Wildman–Crippen LogP) is 10.9. The number of amides is 4. The highest BCUT2D eigenvalue weighted by Gasteiger charge is 2.36. The van der Waals surface area contributed by atoms with Crippen LogP contribution in [0.25, 0.3) is 21.8 Å². The van der Waals surface area contributed by atoms with Crippen molar-refractivity contribution >= 4 is 68.2 Å². The molecule has 6 aromatic carbocycles. The van der Waals surface area contributed by atoms with E-state index in [4.69, 9.17) is 28.4 Å². The number of nitrogens with one attached hydrogen (secondary N) is 4. The standard InChI is InChI=1S/C28H25F2N3O5.C26H23N3O5/c1-28(2,27(35)33-21-10-5-16(29)13-20(21)30)26(34)32-17-6-8-18(9-7-17)38-23-11-12-31-22-15-25(37-4)24(36-3)14-19(22)23;1-32-23-14-20-21(15-24(23)33-2)27-13-12-22(20)34-19-10-8-18(9-11-19)29-26(31)16-25(30)28-17-6-4-3-5-7-17/h5-15H,1-4H3,(H,32,34)(H,33,35);3-15H,16H2,1-2H3,(H,28,30)(H,29,31). The molecular weight excluding hydrogens is 931 g/mol. The highest BCUT2D eigenvalue weighted by Crippen LogP contribution is 2.39. The van der Waals surface area contributed by atoms with Crippen molar-refractivity contribution in [2.75, 3.05) is 49.7 Å². The fourth-order valence-electron chi connectivity index (χ4n) is 6.88. The van der Waals surface area contributed by atoms with E-state index in [1.807, 2.05) is 12.1 Å². The van der Waals surface area contributed by atoms with Gasteiger partial charge >= 0.3 is 0 Å². The third-order valence-corrected chi connectivity index (χ3v) is 10.8. The molecule has 0 spiro atoms. The molecule has 2 heterocycles. The maximum Gasteiger partial charge on any atom is 0.239 e. The molecule has 0 aliphatic rings. The summed E-state index contributed by atoms with van der Waals surface area (Å²) in [6, 6.07) is 35.7. The molecule has 0 saturated carbocycles. The van der Waals surface area contributed by atoms with Gasteiger partial charge in [-0.2, -0.15) is 0 Å². The minimum absolute atomic E-state index is 0.224. The molecular formula is C54H48F2N6O10. The Morgan fingerprint density at radius 1 is 0.486 bits per heavy atom. The zero-order valence-corrected chi connectivity index (χ0v) is 39.8. The van der Waals surface area contributed by atoms with Crippen LogP contribution in [0.5, 0.6) is 46.0 Å². The number of pyridine rings is 2. The molecule has 72 heavy (non-hydrogen) atoms. The van der Waals surface area contributed by atoms with Crippen LogP contribution in [0.1, 0.15) is 20.3 Å². The molecule has 368 valence electrons. The van der Waals surface area contributed by atoms with Crippen LogP contribution in [-0.4, -0.2) is 62.0 Å². The van der Waals surface area contributed by atoms with E-state index in [2.05, 4.69) is 31.2 Å². The topological polar surface area (TPSA) is 198 Å². The highest BCUT2D eigenvalue weighted by molar-refractivity contribution is 6.14. The molecule has 8 aromatic rings. The number of nitrogens with zero attached hydrogens (tertiary/aromatic N) is 2. The number of ether oxygens (including phenoxy) is 6. The Labute approximate surface area is 412 Å². The lowest BCUT2D eigenvalue weighted by Crippen LogP contribution is -2.41. The number of halogens is 2. The van der Waals surface area contributed by atoms with Crippen molar-refractivity contribution in [1.82, 2.24) is 9.97 Å². The van der Waals surface area contributed by atoms with Gasteiger partial charge in [0.25, 0.3) is 0 Å². The second kappa shape index (κ2) is 22.9. The lowest BCUT2D eigenvalue weighted by molar-refractivity contribution is -0.135. The molecule has 16 nitrogen and oxygen atoms in total. The zero-order chi connectivity index (χ0) is 51.4. The average molecular weight is 979 g/mol. The molecule has 4 N–H and O–H groups in total. The van der Waals surface area contributed by atoms with Gasteiger partial charge in [-0.15, -0.1) is 0 Å². The number of carbonyl (C=O) groups is 4. The quantitative estimate of drug-likeness (QED) is 0.0670. The highest BCUT2D eigenvalue weighted by atomic mass is 19.1. The Morgan fingerprint density at radius 2 is 0.917 bits per heavy atom. The van der Waals surface area contributed by atoms with Crippen LogP contribution >= 0.6 is 0 Å². The molecule has 0 bridgehead atoms. The van der Waals surface area contributed by atoms with E-state index >= 15 is 0 Å². The Kier molecular flexibility index (Phi) is 16.0. The summed E-state index contributed by atoms with van der Waals surface area (Å²) in [5.41, 5.74) is 1.18. The lowest BCUT2D eigenvalue weighted by Gasteiger charge is -2.23. The second-order valence-corrected chi connectivity index (χ2v) is 16.1. The van der Waals surface area contributed by atoms with Gasteiger partial charge < -0.3 is 49.7 Å². The normalized spacial score (nSPS) is 10.8. The molecule has 4 amide bonds. The van der Waals surface area contributed by atoms with E-state index in [9.17, 15) is 28.0 Å². The maximum atomic E-state index is 13.9. The van der Waals surface area contributed by atoms with Crippen molar-refractivity contribution in [2.24, 2.45) is 5.41 Å². The molecule has 0 atom stereocenters. The van der Waals surface area contributed by atoms with Crippen LogP contribution in [-0.2, 0) is 19.2 Å². The van der Waals surface area contributed by atoms with Crippen LogP contribution in [0.4, 0.5) is 31.5 Å². The van der Waals surface area contributed by atoms with Gasteiger partial charge in [-0.05, 0) is 111 Å². The van der Waals surface area contributed by atoms with Crippen molar-refractivity contribution in [1.29, 1.82) is 0 Å². The molecule has 0 aliphatic carbocycles. The Hall–Kier alpha value is -9.32. The summed E-state index contributed by atoms with van der Waals surface area (Å²) in [6.45, 7) is 2.79. The summed E-state index contributed by atoms with van der Waals surface area (Å²) in [5.74, 6) is 0.544. The summed E-state index contributed by atoms with van der Waals surface area (Å²) in [4.78, 5) is 58.5. The van der Waals surface area contributed by atoms with Crippen LogP contribution in [0.15, 0.2) is 146 Å². The number of para-hydroxylation sites is 1. The van der Waals surface area contributed by atoms with Gasteiger partial charge in [-0.1, -0.05) is 18.2 Å². The lowest BCUT2D eigenvalue weighted by atomic mass is 9.90. The number of rotatable bonds is 16. The zero-order valence-electron chi connectivity index (χ0n) is 39.8. The van der Waals surface area contributed by atoms with Gasteiger partial charge in [0.15, 0.2) is 23.0 Å². The third-order valence-electron chi connectivity index (χ3n) is 10.8. The first-order valence-corrected chi connectivity index (χ1v) is 22.0. The number of fused-ring (bicyclic) bond motifs is 2. The minimum Gasteiger partial charge on any atom is -0.493 e. The van der Waals surface area contributed by atoms with E-state index in [1.54, 1.807) is 144 Å². The van der Waals surface area contributed by atoms with Crippen molar-refractivity contribution < 1.29 is 56.4 Å². The smallest absolute Gasteiger partial charge is 0.239 e. The summed E-state index contributed by atoms with van der Waals surface area (Å²) >= 11 is 0. The van der Waals surface area contributed by atoms with Crippen LogP contribution < -0.4 is 49.7 Å². The van der Waals surface area contributed by atoms with Gasteiger partial charge in [-0.25, -0.2) is 8.78 Å². The molecule has 0 fully saturated rings. The van der Waals surface area contributed by atoms with Crippen LogP contribution in [0.2, 0.25) is 0 Å². The first-order chi connectivity index (χ1) is 34.7. The van der Waals surface area contributed by atoms with Crippen molar-refractivity contribution in [3.05, 3.63) is 157 Å². The van der Waals surface area contributed by atoms with Gasteiger partial charge in [0.2, 0.25) is 23.6 Å². The number of anilines is 4. The van der Waals surface area contributed by atoms with Gasteiger partial charge in [-0.3, -0.25) is 29.1 Å². The summed E-state index contributed by atoms with van der Waals surface area (Å²) in [6.07, 6.45) is 2.98. The van der Waals surface area contributed by atoms with Crippen molar-refractivity contribution in [2.45, 2.75) is 20.3 Å².